The molecule has 0 spiro atoms. The van der Waals surface area contributed by atoms with Crippen LogP contribution < -0.4 is 9.47 Å². The number of aldehydes is 1. The minimum Gasteiger partial charge on any atom is -0.483 e. The van der Waals surface area contributed by atoms with Crippen molar-refractivity contribution in [2.75, 3.05) is 0 Å². The Balaban J connectivity index is 2.00. The molecular formula is C17H16O4. The summed E-state index contributed by atoms with van der Waals surface area (Å²) in [5.74, 6) is 0.621. The second-order valence-corrected chi connectivity index (χ2v) is 4.46. The van der Waals surface area contributed by atoms with Crippen molar-refractivity contribution in [3.8, 4) is 11.5 Å². The summed E-state index contributed by atoms with van der Waals surface area (Å²) in [4.78, 5) is 23.3. The van der Waals surface area contributed by atoms with Crippen LogP contribution in [0.2, 0.25) is 0 Å². The monoisotopic (exact) mass is 284 g/mol. The topological polar surface area (TPSA) is 52.6 Å². The van der Waals surface area contributed by atoms with E-state index in [0.717, 1.165) is 0 Å². The number of carbonyl (C=O) groups is 2. The number of para-hydroxylation sites is 2. The summed E-state index contributed by atoms with van der Waals surface area (Å²) in [6.07, 6.45) is -1.46. The lowest BCUT2D eigenvalue weighted by atomic mass is 10.1. The van der Waals surface area contributed by atoms with Crippen molar-refractivity contribution in [3.63, 3.8) is 0 Å². The van der Waals surface area contributed by atoms with E-state index in [1.54, 1.807) is 43.3 Å². The lowest BCUT2D eigenvalue weighted by molar-refractivity contribution is -0.136. The highest BCUT2D eigenvalue weighted by Gasteiger charge is 2.26. The summed E-state index contributed by atoms with van der Waals surface area (Å²) in [6.45, 7) is 1.60. The zero-order chi connectivity index (χ0) is 15.1. The fraction of sp³-hybridized carbons (Fsp3) is 0.176. The molecule has 21 heavy (non-hydrogen) atoms. The fourth-order valence-corrected chi connectivity index (χ4v) is 1.79. The molecule has 2 aromatic carbocycles. The van der Waals surface area contributed by atoms with Gasteiger partial charge in [0.05, 0.1) is 0 Å². The van der Waals surface area contributed by atoms with Crippen molar-refractivity contribution in [1.29, 1.82) is 0 Å². The van der Waals surface area contributed by atoms with Gasteiger partial charge in [-0.3, -0.25) is 9.59 Å². The van der Waals surface area contributed by atoms with Gasteiger partial charge in [0.1, 0.15) is 11.5 Å². The summed E-state index contributed by atoms with van der Waals surface area (Å²) < 4.78 is 10.9. The SMILES string of the molecule is CC(Oc1ccccc1)C(=O)C(C=O)Oc1ccccc1. The van der Waals surface area contributed by atoms with Gasteiger partial charge in [-0.15, -0.1) is 0 Å². The van der Waals surface area contributed by atoms with E-state index in [0.29, 0.717) is 17.8 Å². The van der Waals surface area contributed by atoms with E-state index in [9.17, 15) is 9.59 Å². The highest BCUT2D eigenvalue weighted by molar-refractivity contribution is 5.99. The number of benzene rings is 2. The molecule has 0 bridgehead atoms. The largest absolute Gasteiger partial charge is 0.483 e. The van der Waals surface area contributed by atoms with Crippen LogP contribution in [0, 0.1) is 0 Å². The van der Waals surface area contributed by atoms with Crippen LogP contribution in [0.15, 0.2) is 60.7 Å². The summed E-state index contributed by atoms with van der Waals surface area (Å²) in [5, 5.41) is 0. The van der Waals surface area contributed by atoms with Gasteiger partial charge in [-0.1, -0.05) is 36.4 Å². The van der Waals surface area contributed by atoms with E-state index in [4.69, 9.17) is 9.47 Å². The molecule has 4 nitrogen and oxygen atoms in total. The molecule has 0 heterocycles. The van der Waals surface area contributed by atoms with Gasteiger partial charge in [-0.05, 0) is 31.2 Å². The maximum atomic E-state index is 12.2. The Morgan fingerprint density at radius 3 is 1.86 bits per heavy atom. The van der Waals surface area contributed by atoms with E-state index >= 15 is 0 Å². The average Bonchev–Trinajstić information content (AvgIpc) is 2.54. The van der Waals surface area contributed by atoms with E-state index in [-0.39, 0.29) is 0 Å². The summed E-state index contributed by atoms with van der Waals surface area (Å²) >= 11 is 0. The van der Waals surface area contributed by atoms with Gasteiger partial charge >= 0.3 is 0 Å². The molecule has 0 N–H and O–H groups in total. The van der Waals surface area contributed by atoms with E-state index in [1.165, 1.54) is 0 Å². The van der Waals surface area contributed by atoms with Crippen LogP contribution in [0.1, 0.15) is 6.92 Å². The first-order valence-corrected chi connectivity index (χ1v) is 6.63. The third kappa shape index (κ3) is 4.18. The minimum atomic E-state index is -1.17. The Kier molecular flexibility index (Phi) is 5.10. The second-order valence-electron chi connectivity index (χ2n) is 4.46. The molecule has 2 atom stereocenters. The standard InChI is InChI=1S/C17H16O4/c1-13(20-14-8-4-2-5-9-14)17(19)16(12-18)21-15-10-6-3-7-11-15/h2-13,16H,1H3. The van der Waals surface area contributed by atoms with E-state index in [2.05, 4.69) is 0 Å². The van der Waals surface area contributed by atoms with Crippen molar-refractivity contribution in [2.45, 2.75) is 19.1 Å². The summed E-state index contributed by atoms with van der Waals surface area (Å²) in [6, 6.07) is 17.7. The Morgan fingerprint density at radius 1 is 0.905 bits per heavy atom. The zero-order valence-electron chi connectivity index (χ0n) is 11.6. The van der Waals surface area contributed by atoms with Crippen LogP contribution in [-0.2, 0) is 9.59 Å². The van der Waals surface area contributed by atoms with Gasteiger partial charge < -0.3 is 9.47 Å². The Bertz CT molecular complexity index is 580. The van der Waals surface area contributed by atoms with Crippen LogP contribution in [0.3, 0.4) is 0 Å². The first kappa shape index (κ1) is 14.8. The predicted octanol–water partition coefficient (Wildman–Crippen LogP) is 2.67. The maximum Gasteiger partial charge on any atom is 0.220 e. The first-order chi connectivity index (χ1) is 10.2. The number of ketones is 1. The van der Waals surface area contributed by atoms with Crippen molar-refractivity contribution >= 4 is 12.1 Å². The lowest BCUT2D eigenvalue weighted by Gasteiger charge is -2.18. The zero-order valence-corrected chi connectivity index (χ0v) is 11.6. The third-order valence-electron chi connectivity index (χ3n) is 2.87. The molecule has 0 aliphatic rings. The molecule has 0 aliphatic heterocycles. The molecule has 4 heteroatoms. The van der Waals surface area contributed by atoms with E-state index in [1.807, 2.05) is 24.3 Å². The first-order valence-electron chi connectivity index (χ1n) is 6.63. The summed E-state index contributed by atoms with van der Waals surface area (Å²) in [5.41, 5.74) is 0. The van der Waals surface area contributed by atoms with E-state index < -0.39 is 18.0 Å². The van der Waals surface area contributed by atoms with Crippen LogP contribution >= 0.6 is 0 Å². The van der Waals surface area contributed by atoms with Crippen LogP contribution in [0.4, 0.5) is 0 Å². The highest BCUT2D eigenvalue weighted by atomic mass is 16.5. The number of hydrogen-bond acceptors (Lipinski definition) is 4. The van der Waals surface area contributed by atoms with Crippen molar-refractivity contribution < 1.29 is 19.1 Å². The number of Topliss-reactive ketones (excluding diaryl/α,β-unsaturated/α-hetero) is 1. The molecule has 0 saturated carbocycles. The van der Waals surface area contributed by atoms with Gasteiger partial charge in [0.25, 0.3) is 0 Å². The molecule has 108 valence electrons. The molecule has 2 aromatic rings. The molecule has 0 amide bonds. The Labute approximate surface area is 123 Å². The number of hydrogen-bond donors (Lipinski definition) is 0. The summed E-state index contributed by atoms with van der Waals surface area (Å²) in [7, 11) is 0. The van der Waals surface area contributed by atoms with Crippen LogP contribution in [0.5, 0.6) is 11.5 Å². The molecule has 0 aromatic heterocycles. The molecule has 2 rings (SSSR count). The van der Waals surface area contributed by atoms with Gasteiger partial charge in [-0.25, -0.2) is 0 Å². The lowest BCUT2D eigenvalue weighted by Crippen LogP contribution is -2.38. The highest BCUT2D eigenvalue weighted by Crippen LogP contribution is 2.14. The third-order valence-corrected chi connectivity index (χ3v) is 2.87. The quantitative estimate of drug-likeness (QED) is 0.579. The van der Waals surface area contributed by atoms with Crippen molar-refractivity contribution in [3.05, 3.63) is 60.7 Å². The van der Waals surface area contributed by atoms with Gasteiger partial charge in [0.2, 0.25) is 11.9 Å². The second kappa shape index (κ2) is 7.24. The Hall–Kier alpha value is -2.62. The molecule has 0 radical (unpaired) electrons. The van der Waals surface area contributed by atoms with Gasteiger partial charge in [0, 0.05) is 0 Å². The minimum absolute atomic E-state index is 0.419. The van der Waals surface area contributed by atoms with Gasteiger partial charge in [-0.2, -0.15) is 0 Å². The molecule has 2 unspecified atom stereocenters. The van der Waals surface area contributed by atoms with Gasteiger partial charge in [0.15, 0.2) is 12.4 Å². The average molecular weight is 284 g/mol. The normalized spacial score (nSPS) is 13.0. The van der Waals surface area contributed by atoms with Crippen molar-refractivity contribution in [2.24, 2.45) is 0 Å². The Morgan fingerprint density at radius 2 is 1.38 bits per heavy atom. The molecular weight excluding hydrogens is 268 g/mol. The smallest absolute Gasteiger partial charge is 0.220 e. The molecule has 0 saturated heterocycles. The molecule has 0 fully saturated rings. The number of carbonyl (C=O) groups excluding carboxylic acids is 2. The fourth-order valence-electron chi connectivity index (χ4n) is 1.79. The molecule has 0 aliphatic carbocycles. The number of rotatable bonds is 7. The number of ether oxygens (including phenoxy) is 2. The van der Waals surface area contributed by atoms with Crippen LogP contribution in [0.25, 0.3) is 0 Å². The van der Waals surface area contributed by atoms with Crippen LogP contribution in [-0.4, -0.2) is 24.3 Å². The van der Waals surface area contributed by atoms with Crippen molar-refractivity contribution in [1.82, 2.24) is 0 Å². The predicted molar refractivity (Wildman–Crippen MR) is 78.5 cm³/mol. The maximum absolute atomic E-state index is 12.2.